The first kappa shape index (κ1) is 20.9. The topological polar surface area (TPSA) is 58.0 Å². The van der Waals surface area contributed by atoms with Gasteiger partial charge in [0.05, 0.1) is 6.26 Å². The third-order valence-corrected chi connectivity index (χ3v) is 5.37. The van der Waals surface area contributed by atoms with Gasteiger partial charge in [-0.2, -0.15) is 0 Å². The number of ether oxygens (including phenoxy) is 1. The van der Waals surface area contributed by atoms with Gasteiger partial charge in [-0.15, -0.1) is 0 Å². The second-order valence-corrected chi connectivity index (χ2v) is 7.44. The number of hydrogen-bond donors (Lipinski definition) is 1. The molecule has 1 fully saturated rings. The van der Waals surface area contributed by atoms with Gasteiger partial charge in [-0.3, -0.25) is 9.69 Å². The van der Waals surface area contributed by atoms with E-state index >= 15 is 0 Å². The first-order valence-corrected chi connectivity index (χ1v) is 10.4. The normalized spacial score (nSPS) is 14.4. The van der Waals surface area contributed by atoms with Gasteiger partial charge in [-0.05, 0) is 42.5 Å². The van der Waals surface area contributed by atoms with Crippen molar-refractivity contribution in [3.05, 3.63) is 84.1 Å². The van der Waals surface area contributed by atoms with Crippen LogP contribution in [-0.4, -0.2) is 50.1 Å². The van der Waals surface area contributed by atoms with Gasteiger partial charge in [-0.1, -0.05) is 18.2 Å². The Kier molecular flexibility index (Phi) is 6.84. The Labute approximate surface area is 181 Å². The van der Waals surface area contributed by atoms with E-state index in [4.69, 9.17) is 9.15 Å². The summed E-state index contributed by atoms with van der Waals surface area (Å²) in [5.41, 5.74) is 1.76. The van der Waals surface area contributed by atoms with Crippen molar-refractivity contribution in [2.75, 3.05) is 44.2 Å². The van der Waals surface area contributed by atoms with E-state index in [1.165, 1.54) is 18.4 Å². The van der Waals surface area contributed by atoms with Crippen molar-refractivity contribution in [3.8, 4) is 5.75 Å². The van der Waals surface area contributed by atoms with Crippen LogP contribution in [0.1, 0.15) is 16.1 Å². The van der Waals surface area contributed by atoms with E-state index in [1.54, 1.807) is 6.07 Å². The fourth-order valence-electron chi connectivity index (χ4n) is 3.62. The fraction of sp³-hybridized carbons (Fsp3) is 0.292. The van der Waals surface area contributed by atoms with Gasteiger partial charge in [0, 0.05) is 50.5 Å². The van der Waals surface area contributed by atoms with Crippen LogP contribution in [0.4, 0.5) is 10.1 Å². The zero-order chi connectivity index (χ0) is 21.5. The molecule has 1 amide bonds. The van der Waals surface area contributed by atoms with Crippen LogP contribution in [0.15, 0.2) is 71.3 Å². The van der Waals surface area contributed by atoms with Crippen molar-refractivity contribution in [1.29, 1.82) is 0 Å². The average molecular weight is 423 g/mol. The Balaban J connectivity index is 1.20. The maximum atomic E-state index is 13.1. The third kappa shape index (κ3) is 5.64. The number of amides is 1. The van der Waals surface area contributed by atoms with Gasteiger partial charge < -0.3 is 19.4 Å². The largest absolute Gasteiger partial charge is 0.489 e. The zero-order valence-electron chi connectivity index (χ0n) is 17.3. The van der Waals surface area contributed by atoms with E-state index in [9.17, 15) is 9.18 Å². The SMILES string of the molecule is O=C(NCCN1CCN(c2ccc(F)cc2)CC1)c1occc1COc1ccccc1. The van der Waals surface area contributed by atoms with Gasteiger partial charge >= 0.3 is 0 Å². The Morgan fingerprint density at radius 2 is 1.74 bits per heavy atom. The standard InChI is InChI=1S/C24H26FN3O3/c25-20-6-8-21(9-7-20)28-15-13-27(14-16-28)12-11-26-24(29)23-19(10-17-30-23)18-31-22-4-2-1-3-5-22/h1-10,17H,11-16,18H2,(H,26,29). The summed E-state index contributed by atoms with van der Waals surface area (Å²) in [5.74, 6) is 0.581. The van der Waals surface area contributed by atoms with Gasteiger partial charge in [0.2, 0.25) is 0 Å². The van der Waals surface area contributed by atoms with Gasteiger partial charge in [0.25, 0.3) is 5.91 Å². The molecule has 2 aromatic carbocycles. The van der Waals surface area contributed by atoms with Crippen molar-refractivity contribution >= 4 is 11.6 Å². The second-order valence-electron chi connectivity index (χ2n) is 7.44. The highest BCUT2D eigenvalue weighted by atomic mass is 19.1. The summed E-state index contributed by atoms with van der Waals surface area (Å²) >= 11 is 0. The van der Waals surface area contributed by atoms with E-state index < -0.39 is 0 Å². The first-order chi connectivity index (χ1) is 15.2. The minimum Gasteiger partial charge on any atom is -0.489 e. The Morgan fingerprint density at radius 3 is 2.48 bits per heavy atom. The first-order valence-electron chi connectivity index (χ1n) is 10.4. The number of hydrogen-bond acceptors (Lipinski definition) is 5. The molecule has 4 rings (SSSR count). The van der Waals surface area contributed by atoms with E-state index in [0.717, 1.165) is 44.2 Å². The maximum Gasteiger partial charge on any atom is 0.287 e. The third-order valence-electron chi connectivity index (χ3n) is 5.37. The molecule has 7 heteroatoms. The molecule has 0 bridgehead atoms. The molecule has 0 aliphatic carbocycles. The molecular formula is C24H26FN3O3. The van der Waals surface area contributed by atoms with Crippen LogP contribution in [0.3, 0.4) is 0 Å². The highest BCUT2D eigenvalue weighted by Gasteiger charge is 2.19. The maximum absolute atomic E-state index is 13.1. The monoisotopic (exact) mass is 423 g/mol. The lowest BCUT2D eigenvalue weighted by Gasteiger charge is -2.36. The summed E-state index contributed by atoms with van der Waals surface area (Å²) in [6.45, 7) is 5.11. The molecule has 0 radical (unpaired) electrons. The molecule has 0 spiro atoms. The molecule has 1 aliphatic rings. The van der Waals surface area contributed by atoms with Crippen LogP contribution >= 0.6 is 0 Å². The summed E-state index contributed by atoms with van der Waals surface area (Å²) < 4.78 is 24.2. The van der Waals surface area contributed by atoms with Crippen molar-refractivity contribution in [3.63, 3.8) is 0 Å². The molecule has 1 aromatic heterocycles. The predicted octanol–water partition coefficient (Wildman–Crippen LogP) is 3.55. The molecule has 31 heavy (non-hydrogen) atoms. The van der Waals surface area contributed by atoms with Gasteiger partial charge in [-0.25, -0.2) is 4.39 Å². The van der Waals surface area contributed by atoms with Crippen molar-refractivity contribution in [2.45, 2.75) is 6.61 Å². The summed E-state index contributed by atoms with van der Waals surface area (Å²) in [5, 5.41) is 2.93. The number of furan rings is 1. The molecule has 1 saturated heterocycles. The van der Waals surface area contributed by atoms with E-state index in [0.29, 0.717) is 12.1 Å². The van der Waals surface area contributed by atoms with Crippen LogP contribution in [0, 0.1) is 5.82 Å². The summed E-state index contributed by atoms with van der Waals surface area (Å²) in [7, 11) is 0. The van der Waals surface area contributed by atoms with Crippen molar-refractivity contribution in [2.24, 2.45) is 0 Å². The van der Waals surface area contributed by atoms with E-state index in [-0.39, 0.29) is 24.1 Å². The lowest BCUT2D eigenvalue weighted by atomic mass is 10.2. The van der Waals surface area contributed by atoms with Crippen LogP contribution in [0.5, 0.6) is 5.75 Å². The number of halogens is 1. The molecule has 0 atom stereocenters. The van der Waals surface area contributed by atoms with Crippen LogP contribution in [0.2, 0.25) is 0 Å². The fourth-order valence-corrected chi connectivity index (χ4v) is 3.62. The number of piperazine rings is 1. The minimum absolute atomic E-state index is 0.218. The highest BCUT2D eigenvalue weighted by Crippen LogP contribution is 2.17. The number of rotatable bonds is 8. The Bertz CT molecular complexity index is 967. The lowest BCUT2D eigenvalue weighted by Crippen LogP contribution is -2.48. The van der Waals surface area contributed by atoms with Crippen molar-refractivity contribution < 1.29 is 18.3 Å². The quantitative estimate of drug-likeness (QED) is 0.601. The van der Waals surface area contributed by atoms with Gasteiger partial charge in [0.1, 0.15) is 18.2 Å². The molecule has 162 valence electrons. The second kappa shape index (κ2) is 10.1. The summed E-state index contributed by atoms with van der Waals surface area (Å²) in [6.07, 6.45) is 1.51. The highest BCUT2D eigenvalue weighted by molar-refractivity contribution is 5.92. The molecule has 1 N–H and O–H groups in total. The average Bonchev–Trinajstić information content (AvgIpc) is 3.28. The summed E-state index contributed by atoms with van der Waals surface area (Å²) in [6, 6.07) is 17.8. The number of nitrogens with one attached hydrogen (secondary N) is 1. The number of carbonyl (C=O) groups excluding carboxylic acids is 1. The number of para-hydroxylation sites is 1. The molecule has 0 unspecified atom stereocenters. The van der Waals surface area contributed by atoms with Crippen LogP contribution in [-0.2, 0) is 6.61 Å². The molecule has 2 heterocycles. The van der Waals surface area contributed by atoms with Gasteiger partial charge in [0.15, 0.2) is 5.76 Å². The molecule has 3 aromatic rings. The van der Waals surface area contributed by atoms with E-state index in [1.807, 2.05) is 42.5 Å². The van der Waals surface area contributed by atoms with E-state index in [2.05, 4.69) is 15.1 Å². The molecule has 1 aliphatic heterocycles. The Hall–Kier alpha value is -3.32. The molecule has 0 saturated carbocycles. The van der Waals surface area contributed by atoms with Crippen LogP contribution in [0.25, 0.3) is 0 Å². The smallest absolute Gasteiger partial charge is 0.287 e. The minimum atomic E-state index is -0.235. The molecular weight excluding hydrogens is 397 g/mol. The number of benzene rings is 2. The Morgan fingerprint density at radius 1 is 1.00 bits per heavy atom. The number of anilines is 1. The number of carbonyl (C=O) groups is 1. The predicted molar refractivity (Wildman–Crippen MR) is 117 cm³/mol. The van der Waals surface area contributed by atoms with Crippen LogP contribution < -0.4 is 15.0 Å². The lowest BCUT2D eigenvalue weighted by molar-refractivity contribution is 0.0916. The summed E-state index contributed by atoms with van der Waals surface area (Å²) in [4.78, 5) is 17.1. The van der Waals surface area contributed by atoms with Crippen molar-refractivity contribution in [1.82, 2.24) is 10.2 Å². The number of nitrogens with zero attached hydrogens (tertiary/aromatic N) is 2. The molecule has 6 nitrogen and oxygen atoms in total. The zero-order valence-corrected chi connectivity index (χ0v) is 17.3.